The van der Waals surface area contributed by atoms with Crippen LogP contribution in [0.3, 0.4) is 0 Å². The Labute approximate surface area is 165 Å². The zero-order chi connectivity index (χ0) is 21.7. The fourth-order valence-electron chi connectivity index (χ4n) is 3.11. The minimum absolute atomic E-state index is 0.0507. The first-order valence-corrected chi connectivity index (χ1v) is 8.54. The fourth-order valence-corrected chi connectivity index (χ4v) is 3.11. The molecule has 0 unspecified atom stereocenters. The molecule has 2 aromatic carbocycles. The Morgan fingerprint density at radius 2 is 1.47 bits per heavy atom. The molecule has 2 heterocycles. The number of halogens is 6. The van der Waals surface area contributed by atoms with Crippen LogP contribution in [0.4, 0.5) is 32.0 Å². The second-order valence-corrected chi connectivity index (χ2v) is 6.55. The number of hydrogen-bond donors (Lipinski definition) is 1. The number of fused-ring (bicyclic) bond motifs is 1. The smallest absolute Gasteiger partial charge is 0.416 e. The minimum atomic E-state index is -4.96. The number of alkyl halides is 6. The molecular formula is C21H11F6NO2. The van der Waals surface area contributed by atoms with Gasteiger partial charge in [-0.05, 0) is 42.5 Å². The molecule has 154 valence electrons. The molecule has 0 fully saturated rings. The lowest BCUT2D eigenvalue weighted by atomic mass is 10.0. The first kappa shape index (κ1) is 19.8. The Kier molecular flexibility index (Phi) is 4.48. The molecule has 0 aliphatic carbocycles. The topological polar surface area (TPSA) is 42.2 Å². The molecule has 1 amide bonds. The molecule has 1 N–H and O–H groups in total. The number of nitrogens with one attached hydrogen (secondary N) is 1. The predicted octanol–water partition coefficient (Wildman–Crippen LogP) is 6.48. The van der Waals surface area contributed by atoms with Crippen molar-refractivity contribution < 1.29 is 35.6 Å². The van der Waals surface area contributed by atoms with Crippen LogP contribution in [0.15, 0.2) is 59.0 Å². The summed E-state index contributed by atoms with van der Waals surface area (Å²) in [5.74, 6) is -0.476. The normalized spacial score (nSPS) is 15.4. The van der Waals surface area contributed by atoms with E-state index in [1.165, 1.54) is 18.2 Å². The third-order valence-electron chi connectivity index (χ3n) is 4.50. The lowest BCUT2D eigenvalue weighted by Gasteiger charge is -2.13. The summed E-state index contributed by atoms with van der Waals surface area (Å²) in [6, 6.07) is 10.7. The highest BCUT2D eigenvalue weighted by Crippen LogP contribution is 2.39. The second kappa shape index (κ2) is 6.79. The molecule has 0 saturated heterocycles. The standard InChI is InChI=1S/C21H11F6NO2/c22-20(23,24)12-7-11(8-13(9-12)21(25,26)27)18-6-5-14(30-18)10-16-15-3-1-2-4-17(15)28-19(16)29/h1-10H,(H,28,29)/b16-10-. The summed E-state index contributed by atoms with van der Waals surface area (Å²) in [6.07, 6.45) is -8.54. The highest BCUT2D eigenvalue weighted by molar-refractivity contribution is 6.34. The van der Waals surface area contributed by atoms with Gasteiger partial charge in [-0.2, -0.15) is 26.3 Å². The average molecular weight is 423 g/mol. The molecule has 1 aliphatic heterocycles. The molecule has 30 heavy (non-hydrogen) atoms. The summed E-state index contributed by atoms with van der Waals surface area (Å²) < 4.78 is 83.8. The first-order chi connectivity index (χ1) is 14.0. The predicted molar refractivity (Wildman–Crippen MR) is 97.1 cm³/mol. The zero-order valence-electron chi connectivity index (χ0n) is 14.9. The van der Waals surface area contributed by atoms with Crippen molar-refractivity contribution in [2.75, 3.05) is 5.32 Å². The third kappa shape index (κ3) is 3.70. The van der Waals surface area contributed by atoms with E-state index in [9.17, 15) is 31.1 Å². The van der Waals surface area contributed by atoms with Gasteiger partial charge in [0.05, 0.1) is 16.7 Å². The molecule has 1 aliphatic rings. The Hall–Kier alpha value is -3.49. The molecule has 0 spiro atoms. The highest BCUT2D eigenvalue weighted by Gasteiger charge is 2.37. The van der Waals surface area contributed by atoms with Crippen molar-refractivity contribution in [1.29, 1.82) is 0 Å². The van der Waals surface area contributed by atoms with E-state index in [2.05, 4.69) is 5.32 Å². The molecule has 0 saturated carbocycles. The quantitative estimate of drug-likeness (QED) is 0.379. The molecule has 0 radical (unpaired) electrons. The summed E-state index contributed by atoms with van der Waals surface area (Å²) in [5.41, 5.74) is -1.78. The van der Waals surface area contributed by atoms with E-state index in [4.69, 9.17) is 4.42 Å². The van der Waals surface area contributed by atoms with Crippen LogP contribution in [-0.4, -0.2) is 5.91 Å². The van der Waals surface area contributed by atoms with Gasteiger partial charge < -0.3 is 9.73 Å². The summed E-state index contributed by atoms with van der Waals surface area (Å²) in [7, 11) is 0. The SMILES string of the molecule is O=C1Nc2ccccc2/C1=C/c1ccc(-c2cc(C(F)(F)F)cc(C(F)(F)F)c2)o1. The van der Waals surface area contributed by atoms with E-state index < -0.39 is 29.4 Å². The van der Waals surface area contributed by atoms with Gasteiger partial charge in [0.25, 0.3) is 5.91 Å². The van der Waals surface area contributed by atoms with Gasteiger partial charge in [0.2, 0.25) is 0 Å². The number of benzene rings is 2. The van der Waals surface area contributed by atoms with Crippen molar-refractivity contribution in [3.8, 4) is 11.3 Å². The lowest BCUT2D eigenvalue weighted by molar-refractivity contribution is -0.143. The molecule has 9 heteroatoms. The van der Waals surface area contributed by atoms with Gasteiger partial charge in [0.1, 0.15) is 11.5 Å². The van der Waals surface area contributed by atoms with E-state index in [-0.39, 0.29) is 28.7 Å². The number of hydrogen-bond acceptors (Lipinski definition) is 2. The zero-order valence-corrected chi connectivity index (χ0v) is 14.9. The van der Waals surface area contributed by atoms with Crippen molar-refractivity contribution in [2.45, 2.75) is 12.4 Å². The Morgan fingerprint density at radius 3 is 2.10 bits per heavy atom. The minimum Gasteiger partial charge on any atom is -0.457 e. The van der Waals surface area contributed by atoms with E-state index >= 15 is 0 Å². The first-order valence-electron chi connectivity index (χ1n) is 8.54. The van der Waals surface area contributed by atoms with Gasteiger partial charge >= 0.3 is 12.4 Å². The van der Waals surface area contributed by atoms with Gasteiger partial charge in [-0.25, -0.2) is 0 Å². The van der Waals surface area contributed by atoms with Crippen LogP contribution in [-0.2, 0) is 17.1 Å². The average Bonchev–Trinajstić information content (AvgIpc) is 3.25. The maximum atomic E-state index is 13.1. The third-order valence-corrected chi connectivity index (χ3v) is 4.50. The maximum Gasteiger partial charge on any atom is 0.416 e. The fraction of sp³-hybridized carbons (Fsp3) is 0.0952. The number of carbonyl (C=O) groups excluding carboxylic acids is 1. The summed E-state index contributed by atoms with van der Waals surface area (Å²) >= 11 is 0. The monoisotopic (exact) mass is 423 g/mol. The molecule has 3 aromatic rings. The molecule has 3 nitrogen and oxygen atoms in total. The van der Waals surface area contributed by atoms with Crippen molar-refractivity contribution in [1.82, 2.24) is 0 Å². The van der Waals surface area contributed by atoms with E-state index in [0.29, 0.717) is 23.4 Å². The molecule has 0 bridgehead atoms. The van der Waals surface area contributed by atoms with Crippen LogP contribution in [0.1, 0.15) is 22.5 Å². The number of anilines is 1. The van der Waals surface area contributed by atoms with E-state index in [1.54, 1.807) is 24.3 Å². The van der Waals surface area contributed by atoms with Gasteiger partial charge in [-0.1, -0.05) is 18.2 Å². The van der Waals surface area contributed by atoms with E-state index in [1.807, 2.05) is 0 Å². The lowest BCUT2D eigenvalue weighted by Crippen LogP contribution is -2.11. The molecule has 0 atom stereocenters. The van der Waals surface area contributed by atoms with Crippen molar-refractivity contribution in [3.05, 3.63) is 77.0 Å². The number of furan rings is 1. The van der Waals surface area contributed by atoms with Gasteiger partial charge in [-0.15, -0.1) is 0 Å². The van der Waals surface area contributed by atoms with Crippen LogP contribution in [0, 0.1) is 0 Å². The van der Waals surface area contributed by atoms with Crippen molar-refractivity contribution in [3.63, 3.8) is 0 Å². The molecule has 4 rings (SSSR count). The maximum absolute atomic E-state index is 13.1. The Balaban J connectivity index is 1.76. The molecule has 1 aromatic heterocycles. The number of para-hydroxylation sites is 1. The van der Waals surface area contributed by atoms with Crippen LogP contribution in [0.2, 0.25) is 0 Å². The highest BCUT2D eigenvalue weighted by atomic mass is 19.4. The summed E-state index contributed by atoms with van der Waals surface area (Å²) in [6.45, 7) is 0. The van der Waals surface area contributed by atoms with Gasteiger partial charge in [0.15, 0.2) is 0 Å². The van der Waals surface area contributed by atoms with Crippen LogP contribution < -0.4 is 5.32 Å². The van der Waals surface area contributed by atoms with Crippen molar-refractivity contribution >= 4 is 23.2 Å². The Bertz CT molecular complexity index is 1140. The van der Waals surface area contributed by atoms with Crippen LogP contribution in [0.5, 0.6) is 0 Å². The van der Waals surface area contributed by atoms with E-state index in [0.717, 1.165) is 0 Å². The Morgan fingerprint density at radius 1 is 0.833 bits per heavy atom. The summed E-state index contributed by atoms with van der Waals surface area (Å²) in [5, 5.41) is 2.66. The van der Waals surface area contributed by atoms with Crippen molar-refractivity contribution in [2.24, 2.45) is 0 Å². The number of carbonyl (C=O) groups is 1. The number of amides is 1. The largest absolute Gasteiger partial charge is 0.457 e. The van der Waals surface area contributed by atoms with Gasteiger partial charge in [0, 0.05) is 16.8 Å². The van der Waals surface area contributed by atoms with Crippen LogP contribution >= 0.6 is 0 Å². The van der Waals surface area contributed by atoms with Gasteiger partial charge in [-0.3, -0.25) is 4.79 Å². The molecular weight excluding hydrogens is 412 g/mol. The summed E-state index contributed by atoms with van der Waals surface area (Å²) in [4.78, 5) is 12.2. The second-order valence-electron chi connectivity index (χ2n) is 6.55. The van der Waals surface area contributed by atoms with Crippen LogP contribution in [0.25, 0.3) is 23.0 Å². The number of rotatable bonds is 2.